The molecule has 112 valence electrons. The number of likely N-dealkylation sites (N-methyl/N-ethyl adjacent to an activating group) is 1. The minimum absolute atomic E-state index is 0.265. The molecule has 1 aromatic heterocycles. The highest BCUT2D eigenvalue weighted by Crippen LogP contribution is 2.23. The van der Waals surface area contributed by atoms with Crippen LogP contribution in [0.15, 0.2) is 6.20 Å². The van der Waals surface area contributed by atoms with Crippen LogP contribution in [0, 0.1) is 13.8 Å². The number of ether oxygens (including phenoxy) is 2. The van der Waals surface area contributed by atoms with Crippen molar-refractivity contribution in [2.45, 2.75) is 26.5 Å². The first-order valence-electron chi connectivity index (χ1n) is 7.11. The molecule has 0 aromatic carbocycles. The van der Waals surface area contributed by atoms with Gasteiger partial charge in [0.15, 0.2) is 0 Å². The van der Waals surface area contributed by atoms with Crippen LogP contribution in [0.3, 0.4) is 0 Å². The Balaban J connectivity index is 1.88. The van der Waals surface area contributed by atoms with Crippen LogP contribution < -0.4 is 10.1 Å². The van der Waals surface area contributed by atoms with Gasteiger partial charge in [0.1, 0.15) is 5.75 Å². The molecule has 2 heterocycles. The van der Waals surface area contributed by atoms with E-state index in [2.05, 4.69) is 29.2 Å². The molecule has 0 saturated carbocycles. The molecule has 1 saturated heterocycles. The monoisotopic (exact) mass is 279 g/mol. The summed E-state index contributed by atoms with van der Waals surface area (Å²) in [7, 11) is 3.84. The summed E-state index contributed by atoms with van der Waals surface area (Å²) in [6, 6.07) is 0. The number of aromatic nitrogens is 1. The molecular weight excluding hydrogens is 254 g/mol. The highest BCUT2D eigenvalue weighted by atomic mass is 16.5. The van der Waals surface area contributed by atoms with Gasteiger partial charge in [0.25, 0.3) is 0 Å². The van der Waals surface area contributed by atoms with Gasteiger partial charge in [-0.3, -0.25) is 4.98 Å². The average molecular weight is 279 g/mol. The van der Waals surface area contributed by atoms with Crippen molar-refractivity contribution in [2.24, 2.45) is 0 Å². The lowest BCUT2D eigenvalue weighted by Gasteiger charge is -2.30. The first-order valence-corrected chi connectivity index (χ1v) is 7.11. The molecule has 0 aliphatic carbocycles. The normalized spacial score (nSPS) is 20.1. The van der Waals surface area contributed by atoms with E-state index in [9.17, 15) is 0 Å². The molecule has 0 spiro atoms. The number of nitrogens with zero attached hydrogens (tertiary/aromatic N) is 2. The van der Waals surface area contributed by atoms with Crippen molar-refractivity contribution in [3.8, 4) is 5.75 Å². The summed E-state index contributed by atoms with van der Waals surface area (Å²) in [6.07, 6.45) is 2.13. The summed E-state index contributed by atoms with van der Waals surface area (Å²) in [5.41, 5.74) is 3.23. The van der Waals surface area contributed by atoms with Crippen molar-refractivity contribution in [3.63, 3.8) is 0 Å². The summed E-state index contributed by atoms with van der Waals surface area (Å²) >= 11 is 0. The van der Waals surface area contributed by atoms with Gasteiger partial charge in [-0.1, -0.05) is 0 Å². The van der Waals surface area contributed by atoms with Crippen LogP contribution in [-0.2, 0) is 11.3 Å². The van der Waals surface area contributed by atoms with Crippen molar-refractivity contribution in [1.29, 1.82) is 0 Å². The van der Waals surface area contributed by atoms with E-state index in [0.29, 0.717) is 0 Å². The molecule has 1 aromatic rings. The minimum atomic E-state index is 0.265. The second-order valence-corrected chi connectivity index (χ2v) is 5.43. The topological polar surface area (TPSA) is 46.6 Å². The van der Waals surface area contributed by atoms with E-state index in [1.807, 2.05) is 13.1 Å². The van der Waals surface area contributed by atoms with Gasteiger partial charge in [-0.05, 0) is 20.9 Å². The highest BCUT2D eigenvalue weighted by molar-refractivity contribution is 5.40. The maximum absolute atomic E-state index is 5.73. The quantitative estimate of drug-likeness (QED) is 0.875. The zero-order chi connectivity index (χ0) is 14.5. The molecular formula is C15H25N3O2. The predicted molar refractivity (Wildman–Crippen MR) is 79.2 cm³/mol. The Labute approximate surface area is 121 Å². The van der Waals surface area contributed by atoms with Crippen molar-refractivity contribution >= 4 is 0 Å². The van der Waals surface area contributed by atoms with Gasteiger partial charge in [-0.15, -0.1) is 0 Å². The third-order valence-electron chi connectivity index (χ3n) is 3.76. The van der Waals surface area contributed by atoms with E-state index in [1.54, 1.807) is 7.11 Å². The second kappa shape index (κ2) is 7.02. The van der Waals surface area contributed by atoms with Crippen LogP contribution in [-0.4, -0.2) is 56.4 Å². The van der Waals surface area contributed by atoms with Crippen molar-refractivity contribution in [1.82, 2.24) is 15.2 Å². The first kappa shape index (κ1) is 15.2. The lowest BCUT2D eigenvalue weighted by Crippen LogP contribution is -2.44. The van der Waals surface area contributed by atoms with Crippen LogP contribution in [0.1, 0.15) is 16.8 Å². The molecule has 1 fully saturated rings. The number of pyridine rings is 1. The maximum Gasteiger partial charge on any atom is 0.128 e. The van der Waals surface area contributed by atoms with Gasteiger partial charge in [-0.2, -0.15) is 0 Å². The molecule has 0 radical (unpaired) electrons. The van der Waals surface area contributed by atoms with E-state index >= 15 is 0 Å². The first-order chi connectivity index (χ1) is 9.61. The molecule has 0 amide bonds. The van der Waals surface area contributed by atoms with Gasteiger partial charge >= 0.3 is 0 Å². The summed E-state index contributed by atoms with van der Waals surface area (Å²) in [4.78, 5) is 6.79. The van der Waals surface area contributed by atoms with E-state index < -0.39 is 0 Å². The lowest BCUT2D eigenvalue weighted by atomic mass is 10.1. The zero-order valence-corrected chi connectivity index (χ0v) is 12.9. The number of morpholine rings is 1. The van der Waals surface area contributed by atoms with E-state index in [4.69, 9.17) is 9.47 Å². The fourth-order valence-corrected chi connectivity index (χ4v) is 2.59. The molecule has 1 unspecified atom stereocenters. The third kappa shape index (κ3) is 3.69. The SMILES string of the molecule is COc1c(C)cnc(CNCC2CN(C)CCO2)c1C. The van der Waals surface area contributed by atoms with Gasteiger partial charge < -0.3 is 19.7 Å². The number of hydrogen-bond donors (Lipinski definition) is 1. The van der Waals surface area contributed by atoms with Gasteiger partial charge in [0, 0.05) is 43.5 Å². The standard InChI is InChI=1S/C15H25N3O2/c1-11-7-17-14(12(2)15(11)19-4)9-16-8-13-10-18(3)5-6-20-13/h7,13,16H,5-6,8-10H2,1-4H3. The Morgan fingerprint density at radius 1 is 1.50 bits per heavy atom. The highest BCUT2D eigenvalue weighted by Gasteiger charge is 2.17. The summed E-state index contributed by atoms with van der Waals surface area (Å²) in [6.45, 7) is 8.48. The molecule has 5 nitrogen and oxygen atoms in total. The Hall–Kier alpha value is -1.17. The number of methoxy groups -OCH3 is 1. The predicted octanol–water partition coefficient (Wildman–Crippen LogP) is 1.13. The summed E-state index contributed by atoms with van der Waals surface area (Å²) in [5, 5.41) is 3.43. The molecule has 20 heavy (non-hydrogen) atoms. The van der Waals surface area contributed by atoms with Gasteiger partial charge in [-0.25, -0.2) is 0 Å². The molecule has 5 heteroatoms. The Bertz CT molecular complexity index is 451. The Morgan fingerprint density at radius 2 is 2.30 bits per heavy atom. The van der Waals surface area contributed by atoms with Crippen LogP contribution in [0.4, 0.5) is 0 Å². The van der Waals surface area contributed by atoms with Crippen LogP contribution in [0.2, 0.25) is 0 Å². The molecule has 1 aliphatic heterocycles. The number of hydrogen-bond acceptors (Lipinski definition) is 5. The Morgan fingerprint density at radius 3 is 3.00 bits per heavy atom. The molecule has 2 rings (SSSR count). The molecule has 1 N–H and O–H groups in total. The van der Waals surface area contributed by atoms with Gasteiger partial charge in [0.2, 0.25) is 0 Å². The van der Waals surface area contributed by atoms with Crippen LogP contribution in [0.5, 0.6) is 5.75 Å². The van der Waals surface area contributed by atoms with Crippen LogP contribution in [0.25, 0.3) is 0 Å². The average Bonchev–Trinajstić information content (AvgIpc) is 2.42. The molecule has 1 atom stereocenters. The van der Waals surface area contributed by atoms with Crippen molar-refractivity contribution < 1.29 is 9.47 Å². The van der Waals surface area contributed by atoms with Crippen molar-refractivity contribution in [3.05, 3.63) is 23.0 Å². The molecule has 0 bridgehead atoms. The third-order valence-corrected chi connectivity index (χ3v) is 3.76. The second-order valence-electron chi connectivity index (χ2n) is 5.43. The summed E-state index contributed by atoms with van der Waals surface area (Å²) in [5.74, 6) is 0.936. The van der Waals surface area contributed by atoms with E-state index in [-0.39, 0.29) is 6.10 Å². The number of nitrogens with one attached hydrogen (secondary N) is 1. The zero-order valence-electron chi connectivity index (χ0n) is 12.9. The summed E-state index contributed by atoms with van der Waals surface area (Å²) < 4.78 is 11.2. The fraction of sp³-hybridized carbons (Fsp3) is 0.667. The van der Waals surface area contributed by atoms with E-state index in [1.165, 1.54) is 0 Å². The molecule has 1 aliphatic rings. The maximum atomic E-state index is 5.73. The van der Waals surface area contributed by atoms with Crippen molar-refractivity contribution in [2.75, 3.05) is 40.4 Å². The van der Waals surface area contributed by atoms with E-state index in [0.717, 1.165) is 55.4 Å². The Kier molecular flexibility index (Phi) is 5.34. The number of rotatable bonds is 5. The largest absolute Gasteiger partial charge is 0.496 e. The number of aryl methyl sites for hydroxylation is 1. The van der Waals surface area contributed by atoms with Crippen LogP contribution >= 0.6 is 0 Å². The minimum Gasteiger partial charge on any atom is -0.496 e. The fourth-order valence-electron chi connectivity index (χ4n) is 2.59. The smallest absolute Gasteiger partial charge is 0.128 e. The lowest BCUT2D eigenvalue weighted by molar-refractivity contribution is -0.0182. The van der Waals surface area contributed by atoms with Gasteiger partial charge in [0.05, 0.1) is 25.5 Å².